The molecule has 5 rings (SSSR count). The summed E-state index contributed by atoms with van der Waals surface area (Å²) in [6.07, 6.45) is 0. The molecule has 0 aliphatic rings. The lowest BCUT2D eigenvalue weighted by molar-refractivity contribution is 0.426. The van der Waals surface area contributed by atoms with Crippen LogP contribution in [0.2, 0.25) is 0 Å². The summed E-state index contributed by atoms with van der Waals surface area (Å²) >= 11 is 0. The van der Waals surface area contributed by atoms with Crippen molar-refractivity contribution in [2.24, 2.45) is 0 Å². The van der Waals surface area contributed by atoms with Crippen molar-refractivity contribution in [1.82, 2.24) is 0 Å². The number of rotatable bonds is 4. The van der Waals surface area contributed by atoms with Gasteiger partial charge in [-0.15, -0.1) is 0 Å². The van der Waals surface area contributed by atoms with Crippen molar-refractivity contribution in [2.75, 3.05) is 0 Å². The second-order valence-corrected chi connectivity index (χ2v) is 7.56. The van der Waals surface area contributed by atoms with Gasteiger partial charge in [-0.3, -0.25) is 0 Å². The molecule has 3 heteroatoms. The van der Waals surface area contributed by atoms with E-state index in [9.17, 15) is 10.0 Å². The molecule has 0 radical (unpaired) electrons. The van der Waals surface area contributed by atoms with Crippen molar-refractivity contribution in [3.05, 3.63) is 115 Å². The predicted octanol–water partition coefficient (Wildman–Crippen LogP) is 5.52. The van der Waals surface area contributed by atoms with Crippen LogP contribution >= 0.6 is 0 Å². The first-order chi connectivity index (χ1) is 15.3. The molecule has 0 aliphatic carbocycles. The Morgan fingerprint density at radius 2 is 0.774 bits per heavy atom. The van der Waals surface area contributed by atoms with E-state index in [4.69, 9.17) is 0 Å². The van der Waals surface area contributed by atoms with Crippen LogP contribution in [0.25, 0.3) is 44.2 Å². The SMILES string of the molecule is OB(O)c1c(-c2ccccc2)c(-c2ccccc2)c(-c2ccccc2)c2ccccc12. The zero-order chi connectivity index (χ0) is 21.2. The summed E-state index contributed by atoms with van der Waals surface area (Å²) in [4.78, 5) is 0. The highest BCUT2D eigenvalue weighted by atomic mass is 16.4. The molecule has 0 aromatic heterocycles. The van der Waals surface area contributed by atoms with Crippen molar-refractivity contribution >= 4 is 23.4 Å². The lowest BCUT2D eigenvalue weighted by Gasteiger charge is -2.23. The fourth-order valence-electron chi connectivity index (χ4n) is 4.44. The van der Waals surface area contributed by atoms with Crippen LogP contribution in [0.3, 0.4) is 0 Å². The number of hydrogen-bond donors (Lipinski definition) is 2. The first kappa shape index (κ1) is 19.3. The van der Waals surface area contributed by atoms with Gasteiger partial charge in [0.05, 0.1) is 0 Å². The highest BCUT2D eigenvalue weighted by molar-refractivity contribution is 6.64. The zero-order valence-electron chi connectivity index (χ0n) is 16.9. The molecule has 0 spiro atoms. The van der Waals surface area contributed by atoms with Gasteiger partial charge >= 0.3 is 7.12 Å². The zero-order valence-corrected chi connectivity index (χ0v) is 16.9. The van der Waals surface area contributed by atoms with Crippen LogP contribution in [0.4, 0.5) is 0 Å². The summed E-state index contributed by atoms with van der Waals surface area (Å²) in [5, 5.41) is 22.9. The minimum Gasteiger partial charge on any atom is -0.423 e. The first-order valence-corrected chi connectivity index (χ1v) is 10.4. The molecule has 0 saturated carbocycles. The van der Waals surface area contributed by atoms with Crippen LogP contribution < -0.4 is 5.46 Å². The molecular weight excluding hydrogens is 379 g/mol. The van der Waals surface area contributed by atoms with E-state index in [1.807, 2.05) is 84.9 Å². The van der Waals surface area contributed by atoms with Gasteiger partial charge < -0.3 is 10.0 Å². The van der Waals surface area contributed by atoms with Crippen LogP contribution in [-0.4, -0.2) is 17.2 Å². The van der Waals surface area contributed by atoms with Gasteiger partial charge in [0, 0.05) is 0 Å². The van der Waals surface area contributed by atoms with Crippen LogP contribution in [0.5, 0.6) is 0 Å². The summed E-state index contributed by atoms with van der Waals surface area (Å²) in [5.74, 6) is 0. The fraction of sp³-hybridized carbons (Fsp3) is 0. The Morgan fingerprint density at radius 1 is 0.387 bits per heavy atom. The minimum absolute atomic E-state index is 0.528. The fourth-order valence-corrected chi connectivity index (χ4v) is 4.44. The normalized spacial score (nSPS) is 10.9. The summed E-state index contributed by atoms with van der Waals surface area (Å²) in [7, 11) is -1.60. The monoisotopic (exact) mass is 400 g/mol. The average Bonchev–Trinajstić information content (AvgIpc) is 2.84. The standard InChI is InChI=1S/C28H21BO2/c30-29(31)28-24-19-11-10-18-23(24)25(20-12-4-1-5-13-20)26(21-14-6-2-7-15-21)27(28)22-16-8-3-9-17-22/h1-19,30-31H. The second kappa shape index (κ2) is 8.23. The molecule has 0 amide bonds. The maximum Gasteiger partial charge on any atom is 0.489 e. The number of hydrogen-bond acceptors (Lipinski definition) is 2. The van der Waals surface area contributed by atoms with Gasteiger partial charge in [-0.2, -0.15) is 0 Å². The van der Waals surface area contributed by atoms with Crippen molar-refractivity contribution in [3.63, 3.8) is 0 Å². The summed E-state index contributed by atoms with van der Waals surface area (Å²) in [6, 6.07) is 38.5. The average molecular weight is 400 g/mol. The Morgan fingerprint density at radius 3 is 1.26 bits per heavy atom. The van der Waals surface area contributed by atoms with Gasteiger partial charge in [0.1, 0.15) is 0 Å². The van der Waals surface area contributed by atoms with Gasteiger partial charge in [0.15, 0.2) is 0 Å². The van der Waals surface area contributed by atoms with Gasteiger partial charge in [0.25, 0.3) is 0 Å². The highest BCUT2D eigenvalue weighted by Gasteiger charge is 2.27. The summed E-state index contributed by atoms with van der Waals surface area (Å²) in [5.41, 5.74) is 6.54. The van der Waals surface area contributed by atoms with E-state index in [2.05, 4.69) is 30.3 Å². The molecule has 5 aromatic carbocycles. The van der Waals surface area contributed by atoms with Crippen molar-refractivity contribution in [2.45, 2.75) is 0 Å². The van der Waals surface area contributed by atoms with Crippen molar-refractivity contribution < 1.29 is 10.0 Å². The second-order valence-electron chi connectivity index (χ2n) is 7.56. The molecule has 0 aliphatic heterocycles. The molecule has 148 valence electrons. The molecule has 0 bridgehead atoms. The molecule has 2 N–H and O–H groups in total. The highest BCUT2D eigenvalue weighted by Crippen LogP contribution is 2.43. The quantitative estimate of drug-likeness (QED) is 0.390. The van der Waals surface area contributed by atoms with Gasteiger partial charge in [-0.25, -0.2) is 0 Å². The third kappa shape index (κ3) is 3.44. The minimum atomic E-state index is -1.60. The van der Waals surface area contributed by atoms with Gasteiger partial charge in [-0.05, 0) is 49.6 Å². The van der Waals surface area contributed by atoms with E-state index < -0.39 is 7.12 Å². The molecule has 31 heavy (non-hydrogen) atoms. The van der Waals surface area contributed by atoms with Crippen LogP contribution in [-0.2, 0) is 0 Å². The summed E-state index contributed by atoms with van der Waals surface area (Å²) < 4.78 is 0. The maximum absolute atomic E-state index is 10.6. The van der Waals surface area contributed by atoms with Gasteiger partial charge in [0.2, 0.25) is 0 Å². The Kier molecular flexibility index (Phi) is 5.13. The van der Waals surface area contributed by atoms with Crippen molar-refractivity contribution in [3.8, 4) is 33.4 Å². The lowest BCUT2D eigenvalue weighted by atomic mass is 9.68. The van der Waals surface area contributed by atoms with E-state index in [0.29, 0.717) is 5.46 Å². The third-order valence-electron chi connectivity index (χ3n) is 5.70. The predicted molar refractivity (Wildman–Crippen MR) is 130 cm³/mol. The Hall–Kier alpha value is -3.66. The molecule has 2 nitrogen and oxygen atoms in total. The van der Waals surface area contributed by atoms with E-state index in [1.54, 1.807) is 0 Å². The topological polar surface area (TPSA) is 40.5 Å². The molecule has 0 fully saturated rings. The van der Waals surface area contributed by atoms with E-state index in [1.165, 1.54) is 0 Å². The van der Waals surface area contributed by atoms with Crippen LogP contribution in [0.1, 0.15) is 0 Å². The first-order valence-electron chi connectivity index (χ1n) is 10.4. The molecule has 0 saturated heterocycles. The summed E-state index contributed by atoms with van der Waals surface area (Å²) in [6.45, 7) is 0. The Bertz CT molecular complexity index is 1330. The molecule has 0 heterocycles. The van der Waals surface area contributed by atoms with Crippen LogP contribution in [0.15, 0.2) is 115 Å². The lowest BCUT2D eigenvalue weighted by Crippen LogP contribution is -2.33. The maximum atomic E-state index is 10.6. The number of fused-ring (bicyclic) bond motifs is 1. The van der Waals surface area contributed by atoms with Crippen LogP contribution in [0, 0.1) is 0 Å². The largest absolute Gasteiger partial charge is 0.489 e. The Labute approximate surface area is 182 Å². The smallest absolute Gasteiger partial charge is 0.423 e. The molecular formula is C28H21BO2. The molecule has 0 unspecified atom stereocenters. The van der Waals surface area contributed by atoms with E-state index >= 15 is 0 Å². The van der Waals surface area contributed by atoms with E-state index in [0.717, 1.165) is 44.2 Å². The van der Waals surface area contributed by atoms with Gasteiger partial charge in [-0.1, -0.05) is 115 Å². The third-order valence-corrected chi connectivity index (χ3v) is 5.70. The number of benzene rings is 5. The van der Waals surface area contributed by atoms with E-state index in [-0.39, 0.29) is 0 Å². The Balaban J connectivity index is 2.06. The molecule has 5 aromatic rings. The van der Waals surface area contributed by atoms with Crippen molar-refractivity contribution in [1.29, 1.82) is 0 Å². The molecule has 0 atom stereocenters.